The standard InChI is InChI=1S/C19H26N2O3/c22-18(21-11-1-2-12-21)9-13-20-10-3-4-17(14-20)15-5-7-16(8-6-15)19(23)24/h5-8,17H,1-4,9-14H2,(H,23,24)/t17-/m0/s1. The van der Waals surface area contributed by atoms with Crippen LogP contribution >= 0.6 is 0 Å². The van der Waals surface area contributed by atoms with Crippen LogP contribution in [0.4, 0.5) is 0 Å². The first-order valence-corrected chi connectivity index (χ1v) is 8.97. The molecule has 0 aliphatic carbocycles. The number of likely N-dealkylation sites (tertiary alicyclic amines) is 2. The van der Waals surface area contributed by atoms with Crippen LogP contribution in [0.5, 0.6) is 0 Å². The van der Waals surface area contributed by atoms with E-state index >= 15 is 0 Å². The minimum absolute atomic E-state index is 0.292. The Morgan fingerprint density at radius 2 is 1.75 bits per heavy atom. The summed E-state index contributed by atoms with van der Waals surface area (Å²) in [6.07, 6.45) is 5.16. The maximum atomic E-state index is 12.2. The molecular weight excluding hydrogens is 304 g/mol. The Morgan fingerprint density at radius 1 is 1.04 bits per heavy atom. The van der Waals surface area contributed by atoms with E-state index in [0.717, 1.165) is 58.4 Å². The molecule has 2 aliphatic heterocycles. The molecule has 0 saturated carbocycles. The molecule has 24 heavy (non-hydrogen) atoms. The summed E-state index contributed by atoms with van der Waals surface area (Å²) >= 11 is 0. The molecular formula is C19H26N2O3. The highest BCUT2D eigenvalue weighted by molar-refractivity contribution is 5.87. The van der Waals surface area contributed by atoms with E-state index in [1.807, 2.05) is 17.0 Å². The Hall–Kier alpha value is -1.88. The van der Waals surface area contributed by atoms with E-state index in [9.17, 15) is 9.59 Å². The van der Waals surface area contributed by atoms with Crippen molar-refractivity contribution in [2.75, 3.05) is 32.7 Å². The van der Waals surface area contributed by atoms with Gasteiger partial charge in [0.25, 0.3) is 0 Å². The van der Waals surface area contributed by atoms with Crippen LogP contribution in [0.15, 0.2) is 24.3 Å². The highest BCUT2D eigenvalue weighted by Crippen LogP contribution is 2.27. The van der Waals surface area contributed by atoms with Crippen LogP contribution < -0.4 is 0 Å². The van der Waals surface area contributed by atoms with E-state index in [0.29, 0.717) is 23.8 Å². The number of carbonyl (C=O) groups excluding carboxylic acids is 1. The summed E-state index contributed by atoms with van der Waals surface area (Å²) in [5.41, 5.74) is 1.54. The largest absolute Gasteiger partial charge is 0.478 e. The molecule has 2 saturated heterocycles. The van der Waals surface area contributed by atoms with E-state index in [2.05, 4.69) is 4.90 Å². The molecule has 0 spiro atoms. The van der Waals surface area contributed by atoms with Crippen molar-refractivity contribution in [3.63, 3.8) is 0 Å². The Kier molecular flexibility index (Phi) is 5.51. The van der Waals surface area contributed by atoms with Crippen molar-refractivity contribution >= 4 is 11.9 Å². The Labute approximate surface area is 143 Å². The highest BCUT2D eigenvalue weighted by atomic mass is 16.4. The van der Waals surface area contributed by atoms with Gasteiger partial charge >= 0.3 is 5.97 Å². The van der Waals surface area contributed by atoms with Gasteiger partial charge in [-0.15, -0.1) is 0 Å². The molecule has 1 atom stereocenters. The SMILES string of the molecule is O=C(O)c1ccc([C@H]2CCCN(CCC(=O)N3CCCC3)C2)cc1. The summed E-state index contributed by atoms with van der Waals surface area (Å²) in [6, 6.07) is 7.25. The van der Waals surface area contributed by atoms with E-state index in [1.165, 1.54) is 5.56 Å². The number of carboxylic acids is 1. The van der Waals surface area contributed by atoms with Gasteiger partial charge in [0.05, 0.1) is 5.56 Å². The van der Waals surface area contributed by atoms with E-state index < -0.39 is 5.97 Å². The number of hydrogen-bond acceptors (Lipinski definition) is 3. The minimum Gasteiger partial charge on any atom is -0.478 e. The molecule has 1 amide bonds. The number of carbonyl (C=O) groups is 2. The zero-order valence-corrected chi connectivity index (χ0v) is 14.1. The van der Waals surface area contributed by atoms with Gasteiger partial charge < -0.3 is 14.9 Å². The number of benzene rings is 1. The normalized spacial score (nSPS) is 21.8. The van der Waals surface area contributed by atoms with Gasteiger partial charge in [-0.2, -0.15) is 0 Å². The highest BCUT2D eigenvalue weighted by Gasteiger charge is 2.23. The predicted octanol–water partition coefficient (Wildman–Crippen LogP) is 2.58. The molecule has 1 aromatic rings. The van der Waals surface area contributed by atoms with Gasteiger partial charge in [0.1, 0.15) is 0 Å². The topological polar surface area (TPSA) is 60.9 Å². The number of carboxylic acid groups (broad SMARTS) is 1. The fourth-order valence-corrected chi connectivity index (χ4v) is 3.81. The Bertz CT molecular complexity index is 579. The maximum Gasteiger partial charge on any atom is 0.335 e. The summed E-state index contributed by atoms with van der Waals surface area (Å²) in [5, 5.41) is 9.00. The first kappa shape index (κ1) is 17.0. The molecule has 0 bridgehead atoms. The molecule has 130 valence electrons. The maximum absolute atomic E-state index is 12.2. The molecule has 2 aliphatic rings. The Balaban J connectivity index is 1.52. The van der Waals surface area contributed by atoms with Crippen LogP contribution in [0.25, 0.3) is 0 Å². The van der Waals surface area contributed by atoms with Crippen molar-refractivity contribution < 1.29 is 14.7 Å². The van der Waals surface area contributed by atoms with Crippen LogP contribution in [0.2, 0.25) is 0 Å². The first-order valence-electron chi connectivity index (χ1n) is 8.97. The van der Waals surface area contributed by atoms with Crippen molar-refractivity contribution in [3.8, 4) is 0 Å². The monoisotopic (exact) mass is 330 g/mol. The number of amides is 1. The molecule has 2 fully saturated rings. The molecule has 1 N–H and O–H groups in total. The lowest BCUT2D eigenvalue weighted by Crippen LogP contribution is -2.38. The third-order valence-corrected chi connectivity index (χ3v) is 5.24. The van der Waals surface area contributed by atoms with Crippen molar-refractivity contribution in [1.82, 2.24) is 9.80 Å². The van der Waals surface area contributed by atoms with Crippen molar-refractivity contribution in [3.05, 3.63) is 35.4 Å². The minimum atomic E-state index is -0.882. The summed E-state index contributed by atoms with van der Waals surface area (Å²) in [6.45, 7) is 4.70. The molecule has 3 rings (SSSR count). The number of nitrogens with zero attached hydrogens (tertiary/aromatic N) is 2. The fraction of sp³-hybridized carbons (Fsp3) is 0.579. The molecule has 5 nitrogen and oxygen atoms in total. The predicted molar refractivity (Wildman–Crippen MR) is 92.2 cm³/mol. The molecule has 0 aromatic heterocycles. The fourth-order valence-electron chi connectivity index (χ4n) is 3.81. The Morgan fingerprint density at radius 3 is 2.42 bits per heavy atom. The van der Waals surface area contributed by atoms with Gasteiger partial charge in [-0.3, -0.25) is 4.79 Å². The average Bonchev–Trinajstić information content (AvgIpc) is 3.15. The lowest BCUT2D eigenvalue weighted by Gasteiger charge is -2.33. The van der Waals surface area contributed by atoms with Crippen LogP contribution in [0, 0.1) is 0 Å². The smallest absolute Gasteiger partial charge is 0.335 e. The summed E-state index contributed by atoms with van der Waals surface area (Å²) in [5.74, 6) is -0.156. The number of piperidine rings is 1. The summed E-state index contributed by atoms with van der Waals surface area (Å²) in [7, 11) is 0. The third-order valence-electron chi connectivity index (χ3n) is 5.24. The summed E-state index contributed by atoms with van der Waals surface area (Å²) in [4.78, 5) is 27.5. The van der Waals surface area contributed by atoms with Crippen molar-refractivity contribution in [2.45, 2.75) is 38.0 Å². The van der Waals surface area contributed by atoms with Gasteiger partial charge in [0.2, 0.25) is 5.91 Å². The van der Waals surface area contributed by atoms with E-state index in [-0.39, 0.29) is 0 Å². The van der Waals surface area contributed by atoms with Crippen molar-refractivity contribution in [1.29, 1.82) is 0 Å². The molecule has 0 unspecified atom stereocenters. The van der Waals surface area contributed by atoms with Gasteiger partial charge in [0.15, 0.2) is 0 Å². The van der Waals surface area contributed by atoms with Gasteiger partial charge in [-0.05, 0) is 55.8 Å². The molecule has 5 heteroatoms. The van der Waals surface area contributed by atoms with Crippen LogP contribution in [-0.4, -0.2) is 59.5 Å². The first-order chi connectivity index (χ1) is 11.6. The molecule has 1 aromatic carbocycles. The van der Waals surface area contributed by atoms with Crippen LogP contribution in [-0.2, 0) is 4.79 Å². The lowest BCUT2D eigenvalue weighted by atomic mass is 9.90. The van der Waals surface area contributed by atoms with Crippen LogP contribution in [0.1, 0.15) is 53.9 Å². The lowest BCUT2D eigenvalue weighted by molar-refractivity contribution is -0.130. The number of hydrogen-bond donors (Lipinski definition) is 1. The summed E-state index contributed by atoms with van der Waals surface area (Å²) < 4.78 is 0. The third kappa shape index (κ3) is 4.15. The van der Waals surface area contributed by atoms with Crippen molar-refractivity contribution in [2.24, 2.45) is 0 Å². The van der Waals surface area contributed by atoms with Gasteiger partial charge in [-0.25, -0.2) is 4.79 Å². The zero-order valence-electron chi connectivity index (χ0n) is 14.1. The second-order valence-electron chi connectivity index (χ2n) is 6.90. The molecule has 2 heterocycles. The second kappa shape index (κ2) is 7.79. The average molecular weight is 330 g/mol. The second-order valence-corrected chi connectivity index (χ2v) is 6.90. The van der Waals surface area contributed by atoms with Crippen LogP contribution in [0.3, 0.4) is 0 Å². The zero-order chi connectivity index (χ0) is 16.9. The van der Waals surface area contributed by atoms with E-state index in [1.54, 1.807) is 12.1 Å². The quantitative estimate of drug-likeness (QED) is 0.901. The van der Waals surface area contributed by atoms with Gasteiger partial charge in [0, 0.05) is 32.6 Å². The van der Waals surface area contributed by atoms with Gasteiger partial charge in [-0.1, -0.05) is 12.1 Å². The number of aromatic carboxylic acids is 1. The molecule has 0 radical (unpaired) electrons. The number of rotatable bonds is 5. The van der Waals surface area contributed by atoms with E-state index in [4.69, 9.17) is 5.11 Å².